The number of nitrogens with zero attached hydrogens (tertiary/aromatic N) is 2. The third kappa shape index (κ3) is 5.69. The smallest absolute Gasteiger partial charge is 0.270 e. The Morgan fingerprint density at radius 3 is 2.36 bits per heavy atom. The van der Waals surface area contributed by atoms with Crippen LogP contribution in [0.5, 0.6) is 0 Å². The molecule has 0 spiro atoms. The van der Waals surface area contributed by atoms with Gasteiger partial charge in [-0.2, -0.15) is 0 Å². The molecular weight excluding hydrogens is 444 g/mol. The highest BCUT2D eigenvalue weighted by Gasteiger charge is 2.28. The van der Waals surface area contributed by atoms with Crippen LogP contribution in [0.3, 0.4) is 0 Å². The van der Waals surface area contributed by atoms with Crippen LogP contribution < -0.4 is 14.9 Å². The standard InChI is InChI=1S/C23H28N4O5S/c1-16-10-12-26(13-11-16)22-9-6-19(27(29)30)14-21(22)23(28)24-15-17-2-7-20(8-3-17)33(31,32)25-18-4-5-18/h2-3,6-9,14,16,18,25H,4-5,10-13,15H2,1H3,(H,24,28). The maximum absolute atomic E-state index is 13.0. The van der Waals surface area contributed by atoms with E-state index in [-0.39, 0.29) is 28.7 Å². The van der Waals surface area contributed by atoms with Gasteiger partial charge in [0, 0.05) is 37.8 Å². The van der Waals surface area contributed by atoms with Crippen LogP contribution >= 0.6 is 0 Å². The van der Waals surface area contributed by atoms with Crippen LogP contribution in [-0.4, -0.2) is 38.4 Å². The van der Waals surface area contributed by atoms with Crippen molar-refractivity contribution >= 4 is 27.3 Å². The van der Waals surface area contributed by atoms with Gasteiger partial charge in [0.2, 0.25) is 10.0 Å². The summed E-state index contributed by atoms with van der Waals surface area (Å²) in [6.07, 6.45) is 3.73. The first-order chi connectivity index (χ1) is 15.7. The van der Waals surface area contributed by atoms with Crippen molar-refractivity contribution in [2.24, 2.45) is 5.92 Å². The Morgan fingerprint density at radius 2 is 1.76 bits per heavy atom. The van der Waals surface area contributed by atoms with Crippen molar-refractivity contribution in [1.82, 2.24) is 10.0 Å². The Kier molecular flexibility index (Phi) is 6.66. The van der Waals surface area contributed by atoms with E-state index >= 15 is 0 Å². The van der Waals surface area contributed by atoms with Crippen LogP contribution in [0.4, 0.5) is 11.4 Å². The average Bonchev–Trinajstić information content (AvgIpc) is 3.61. The molecule has 4 rings (SSSR count). The second-order valence-corrected chi connectivity index (χ2v) is 10.6. The van der Waals surface area contributed by atoms with Gasteiger partial charge in [-0.3, -0.25) is 14.9 Å². The lowest BCUT2D eigenvalue weighted by Crippen LogP contribution is -2.35. The Balaban J connectivity index is 1.47. The number of nitro groups is 1. The van der Waals surface area contributed by atoms with Crippen LogP contribution in [0, 0.1) is 16.0 Å². The maximum atomic E-state index is 13.0. The molecule has 1 saturated carbocycles. The SMILES string of the molecule is CC1CCN(c2ccc([N+](=O)[O-])cc2C(=O)NCc2ccc(S(=O)(=O)NC3CC3)cc2)CC1. The van der Waals surface area contributed by atoms with E-state index in [1.807, 2.05) is 0 Å². The maximum Gasteiger partial charge on any atom is 0.270 e. The predicted octanol–water partition coefficient (Wildman–Crippen LogP) is 3.20. The molecule has 1 aliphatic carbocycles. The van der Waals surface area contributed by atoms with Crippen LogP contribution in [0.2, 0.25) is 0 Å². The topological polar surface area (TPSA) is 122 Å². The van der Waals surface area contributed by atoms with Crippen LogP contribution in [0.15, 0.2) is 47.4 Å². The fourth-order valence-electron chi connectivity index (χ4n) is 3.90. The molecule has 2 N–H and O–H groups in total. The molecule has 10 heteroatoms. The van der Waals surface area contributed by atoms with E-state index < -0.39 is 20.9 Å². The number of hydrogen-bond donors (Lipinski definition) is 2. The number of carbonyl (C=O) groups excluding carboxylic acids is 1. The highest BCUT2D eigenvalue weighted by molar-refractivity contribution is 7.89. The molecule has 0 bridgehead atoms. The van der Waals surface area contributed by atoms with Gasteiger partial charge in [-0.15, -0.1) is 0 Å². The summed E-state index contributed by atoms with van der Waals surface area (Å²) in [6.45, 7) is 3.96. The molecule has 176 valence electrons. The Labute approximate surface area is 193 Å². The van der Waals surface area contributed by atoms with Gasteiger partial charge >= 0.3 is 0 Å². The quantitative estimate of drug-likeness (QED) is 0.449. The lowest BCUT2D eigenvalue weighted by molar-refractivity contribution is -0.384. The molecule has 2 aromatic rings. The third-order valence-electron chi connectivity index (χ3n) is 6.15. The summed E-state index contributed by atoms with van der Waals surface area (Å²) >= 11 is 0. The number of piperidine rings is 1. The molecule has 9 nitrogen and oxygen atoms in total. The molecule has 1 amide bonds. The summed E-state index contributed by atoms with van der Waals surface area (Å²) in [5.74, 6) is 0.210. The number of hydrogen-bond acceptors (Lipinski definition) is 6. The lowest BCUT2D eigenvalue weighted by Gasteiger charge is -2.33. The van der Waals surface area contributed by atoms with Crippen molar-refractivity contribution in [3.63, 3.8) is 0 Å². The van der Waals surface area contributed by atoms with Gasteiger partial charge in [0.25, 0.3) is 11.6 Å². The van der Waals surface area contributed by atoms with Gasteiger partial charge in [-0.25, -0.2) is 13.1 Å². The van der Waals surface area contributed by atoms with Crippen molar-refractivity contribution < 1.29 is 18.1 Å². The van der Waals surface area contributed by atoms with Gasteiger partial charge in [-0.1, -0.05) is 19.1 Å². The molecule has 1 heterocycles. The molecule has 33 heavy (non-hydrogen) atoms. The first-order valence-electron chi connectivity index (χ1n) is 11.2. The number of nitro benzene ring substituents is 1. The van der Waals surface area contributed by atoms with Crippen LogP contribution in [0.25, 0.3) is 0 Å². The zero-order valence-corrected chi connectivity index (χ0v) is 19.3. The highest BCUT2D eigenvalue weighted by atomic mass is 32.2. The predicted molar refractivity (Wildman–Crippen MR) is 125 cm³/mol. The largest absolute Gasteiger partial charge is 0.371 e. The molecule has 0 atom stereocenters. The average molecular weight is 473 g/mol. The first kappa shape index (κ1) is 23.2. The van der Waals surface area contributed by atoms with E-state index in [1.165, 1.54) is 24.3 Å². The lowest BCUT2D eigenvalue weighted by atomic mass is 9.98. The van der Waals surface area contributed by atoms with Gasteiger partial charge in [0.15, 0.2) is 0 Å². The Bertz CT molecular complexity index is 1140. The molecule has 2 aromatic carbocycles. The van der Waals surface area contributed by atoms with E-state index in [4.69, 9.17) is 0 Å². The molecule has 2 fully saturated rings. The summed E-state index contributed by atoms with van der Waals surface area (Å²) in [4.78, 5) is 26.1. The number of carbonyl (C=O) groups is 1. The van der Waals surface area contributed by atoms with Crippen molar-refractivity contribution in [2.75, 3.05) is 18.0 Å². The normalized spacial score (nSPS) is 17.1. The number of anilines is 1. The molecule has 0 radical (unpaired) electrons. The molecule has 0 aromatic heterocycles. The van der Waals surface area contributed by atoms with E-state index in [2.05, 4.69) is 21.9 Å². The summed E-state index contributed by atoms with van der Waals surface area (Å²) in [6, 6.07) is 10.8. The summed E-state index contributed by atoms with van der Waals surface area (Å²) in [5.41, 5.74) is 1.56. The van der Waals surface area contributed by atoms with Crippen molar-refractivity contribution in [3.8, 4) is 0 Å². The molecular formula is C23H28N4O5S. The van der Waals surface area contributed by atoms with Gasteiger partial charge in [0.05, 0.1) is 21.1 Å². The fraction of sp³-hybridized carbons (Fsp3) is 0.435. The molecule has 1 saturated heterocycles. The monoisotopic (exact) mass is 472 g/mol. The second kappa shape index (κ2) is 9.48. The summed E-state index contributed by atoms with van der Waals surface area (Å²) in [5, 5.41) is 14.1. The molecule has 2 aliphatic rings. The Hall–Kier alpha value is -2.98. The van der Waals surface area contributed by atoms with Crippen LogP contribution in [-0.2, 0) is 16.6 Å². The minimum Gasteiger partial charge on any atom is -0.371 e. The number of sulfonamides is 1. The highest BCUT2D eigenvalue weighted by Crippen LogP contribution is 2.29. The zero-order valence-electron chi connectivity index (χ0n) is 18.5. The number of benzene rings is 2. The summed E-state index contributed by atoms with van der Waals surface area (Å²) in [7, 11) is -3.53. The van der Waals surface area contributed by atoms with Gasteiger partial charge in [0.1, 0.15) is 0 Å². The first-order valence-corrected chi connectivity index (χ1v) is 12.6. The van der Waals surface area contributed by atoms with E-state index in [0.717, 1.165) is 44.3 Å². The second-order valence-electron chi connectivity index (χ2n) is 8.85. The number of nitrogens with one attached hydrogen (secondary N) is 2. The van der Waals surface area contributed by atoms with Crippen molar-refractivity contribution in [2.45, 2.75) is 50.1 Å². The zero-order chi connectivity index (χ0) is 23.6. The number of rotatable bonds is 8. The third-order valence-corrected chi connectivity index (χ3v) is 7.68. The fourth-order valence-corrected chi connectivity index (χ4v) is 5.20. The Morgan fingerprint density at radius 1 is 1.09 bits per heavy atom. The van der Waals surface area contributed by atoms with Gasteiger partial charge < -0.3 is 10.2 Å². The van der Waals surface area contributed by atoms with Crippen molar-refractivity contribution in [3.05, 3.63) is 63.7 Å². The van der Waals surface area contributed by atoms with Gasteiger partial charge in [-0.05, 0) is 55.4 Å². The minimum atomic E-state index is -3.53. The minimum absolute atomic E-state index is 0.0289. The van der Waals surface area contributed by atoms with E-state index in [9.17, 15) is 23.3 Å². The van der Waals surface area contributed by atoms with Crippen LogP contribution in [0.1, 0.15) is 48.5 Å². The number of non-ortho nitro benzene ring substituents is 1. The van der Waals surface area contributed by atoms with E-state index in [0.29, 0.717) is 11.6 Å². The summed E-state index contributed by atoms with van der Waals surface area (Å²) < 4.78 is 27.2. The van der Waals surface area contributed by atoms with Crippen molar-refractivity contribution in [1.29, 1.82) is 0 Å². The number of amides is 1. The van der Waals surface area contributed by atoms with E-state index in [1.54, 1.807) is 18.2 Å². The molecule has 0 unspecified atom stereocenters. The molecule has 1 aliphatic heterocycles.